The van der Waals surface area contributed by atoms with Crippen LogP contribution >= 0.6 is 0 Å². The molecular formula is C16H32N2O. The van der Waals surface area contributed by atoms with E-state index in [0.29, 0.717) is 5.91 Å². The van der Waals surface area contributed by atoms with E-state index < -0.39 is 0 Å². The predicted molar refractivity (Wildman–Crippen MR) is 81.2 cm³/mol. The van der Waals surface area contributed by atoms with Gasteiger partial charge in [0.05, 0.1) is 0 Å². The summed E-state index contributed by atoms with van der Waals surface area (Å²) in [6.45, 7) is 5.82. The molecule has 1 aliphatic rings. The van der Waals surface area contributed by atoms with Crippen molar-refractivity contribution < 1.29 is 4.79 Å². The second-order valence-electron chi connectivity index (χ2n) is 5.82. The van der Waals surface area contributed by atoms with Crippen LogP contribution in [0.5, 0.6) is 0 Å². The molecule has 1 N–H and O–H groups in total. The maximum atomic E-state index is 11.9. The molecule has 0 aromatic carbocycles. The summed E-state index contributed by atoms with van der Waals surface area (Å²) in [7, 11) is 2.07. The first-order valence-corrected chi connectivity index (χ1v) is 8.16. The number of carbonyl (C=O) groups is 1. The van der Waals surface area contributed by atoms with E-state index in [4.69, 9.17) is 0 Å². The molecule has 1 aliphatic carbocycles. The van der Waals surface area contributed by atoms with Crippen LogP contribution in [0.1, 0.15) is 65.2 Å². The Labute approximate surface area is 119 Å². The third kappa shape index (κ3) is 5.94. The standard InChI is InChI=1S/C16H32N2O/c1-4-18(5-2)16(19)9-7-6-8-14-10-12-15(17-3)13-11-14/h14-15,17H,4-13H2,1-3H3/t14-,15-. The van der Waals surface area contributed by atoms with Gasteiger partial charge in [0, 0.05) is 25.6 Å². The molecule has 0 aliphatic heterocycles. The van der Waals surface area contributed by atoms with Crippen molar-refractivity contribution in [3.63, 3.8) is 0 Å². The van der Waals surface area contributed by atoms with Crippen molar-refractivity contribution in [3.8, 4) is 0 Å². The molecule has 1 saturated carbocycles. The molecular weight excluding hydrogens is 236 g/mol. The van der Waals surface area contributed by atoms with Gasteiger partial charge in [-0.3, -0.25) is 4.79 Å². The number of hydrogen-bond acceptors (Lipinski definition) is 2. The number of carbonyl (C=O) groups excluding carboxylic acids is 1. The Hall–Kier alpha value is -0.570. The van der Waals surface area contributed by atoms with Crippen molar-refractivity contribution >= 4 is 5.91 Å². The van der Waals surface area contributed by atoms with Crippen LogP contribution in [0.3, 0.4) is 0 Å². The van der Waals surface area contributed by atoms with Crippen LogP contribution in [0.4, 0.5) is 0 Å². The SMILES string of the molecule is CCN(CC)C(=O)CCCC[C@H]1CC[C@H](NC)CC1. The van der Waals surface area contributed by atoms with Gasteiger partial charge in [-0.15, -0.1) is 0 Å². The zero-order chi connectivity index (χ0) is 14.1. The minimum absolute atomic E-state index is 0.337. The molecule has 0 saturated heterocycles. The van der Waals surface area contributed by atoms with Gasteiger partial charge in [-0.1, -0.05) is 12.8 Å². The van der Waals surface area contributed by atoms with Crippen LogP contribution < -0.4 is 5.32 Å². The Morgan fingerprint density at radius 1 is 1.11 bits per heavy atom. The quantitative estimate of drug-likeness (QED) is 0.686. The van der Waals surface area contributed by atoms with E-state index in [1.165, 1.54) is 38.5 Å². The van der Waals surface area contributed by atoms with Crippen LogP contribution in [-0.2, 0) is 4.79 Å². The molecule has 0 bridgehead atoms. The summed E-state index contributed by atoms with van der Waals surface area (Å²) in [5, 5.41) is 3.38. The van der Waals surface area contributed by atoms with Crippen molar-refractivity contribution in [2.24, 2.45) is 5.92 Å². The lowest BCUT2D eigenvalue weighted by atomic mass is 9.83. The molecule has 0 unspecified atom stereocenters. The second kappa shape index (κ2) is 9.35. The zero-order valence-corrected chi connectivity index (χ0v) is 13.1. The summed E-state index contributed by atoms with van der Waals surface area (Å²) in [6, 6.07) is 0.750. The average molecular weight is 268 g/mol. The van der Waals surface area contributed by atoms with Gasteiger partial charge >= 0.3 is 0 Å². The third-order valence-electron chi connectivity index (χ3n) is 4.62. The predicted octanol–water partition coefficient (Wildman–Crippen LogP) is 3.19. The lowest BCUT2D eigenvalue weighted by Gasteiger charge is -2.28. The molecule has 0 radical (unpaired) electrons. The normalized spacial score (nSPS) is 23.3. The van der Waals surface area contributed by atoms with E-state index in [9.17, 15) is 4.79 Å². The van der Waals surface area contributed by atoms with E-state index in [-0.39, 0.29) is 0 Å². The van der Waals surface area contributed by atoms with Crippen molar-refractivity contribution in [2.75, 3.05) is 20.1 Å². The Kier molecular flexibility index (Phi) is 8.11. The molecule has 112 valence electrons. The molecule has 0 aromatic heterocycles. The number of nitrogens with zero attached hydrogens (tertiary/aromatic N) is 1. The Morgan fingerprint density at radius 2 is 1.74 bits per heavy atom. The molecule has 0 spiro atoms. The molecule has 1 fully saturated rings. The molecule has 3 heteroatoms. The molecule has 0 heterocycles. The highest BCUT2D eigenvalue weighted by Crippen LogP contribution is 2.28. The van der Waals surface area contributed by atoms with E-state index in [1.807, 2.05) is 4.90 Å². The van der Waals surface area contributed by atoms with Gasteiger partial charge in [0.1, 0.15) is 0 Å². The van der Waals surface area contributed by atoms with Gasteiger partial charge in [-0.2, -0.15) is 0 Å². The first-order chi connectivity index (χ1) is 9.21. The van der Waals surface area contributed by atoms with E-state index in [2.05, 4.69) is 26.2 Å². The van der Waals surface area contributed by atoms with Gasteiger partial charge in [0.15, 0.2) is 0 Å². The average Bonchev–Trinajstić information content (AvgIpc) is 2.45. The van der Waals surface area contributed by atoms with Crippen LogP contribution in [-0.4, -0.2) is 37.0 Å². The molecule has 19 heavy (non-hydrogen) atoms. The summed E-state index contributed by atoms with van der Waals surface area (Å²) in [5.74, 6) is 1.25. The van der Waals surface area contributed by atoms with E-state index in [1.54, 1.807) is 0 Å². The lowest BCUT2D eigenvalue weighted by Crippen LogP contribution is -2.30. The van der Waals surface area contributed by atoms with Crippen molar-refractivity contribution in [1.82, 2.24) is 10.2 Å². The minimum Gasteiger partial charge on any atom is -0.343 e. The minimum atomic E-state index is 0.337. The number of nitrogens with one attached hydrogen (secondary N) is 1. The number of amides is 1. The zero-order valence-electron chi connectivity index (χ0n) is 13.1. The largest absolute Gasteiger partial charge is 0.343 e. The first-order valence-electron chi connectivity index (χ1n) is 8.16. The Morgan fingerprint density at radius 3 is 2.26 bits per heavy atom. The molecule has 3 nitrogen and oxygen atoms in total. The summed E-state index contributed by atoms with van der Waals surface area (Å²) in [4.78, 5) is 13.8. The van der Waals surface area contributed by atoms with Gasteiger partial charge in [0.2, 0.25) is 5.91 Å². The van der Waals surface area contributed by atoms with Crippen molar-refractivity contribution in [1.29, 1.82) is 0 Å². The fourth-order valence-electron chi connectivity index (χ4n) is 3.18. The number of rotatable bonds is 8. The highest BCUT2D eigenvalue weighted by Gasteiger charge is 2.19. The molecule has 1 rings (SSSR count). The maximum Gasteiger partial charge on any atom is 0.222 e. The highest BCUT2D eigenvalue weighted by atomic mass is 16.2. The first kappa shape index (κ1) is 16.5. The van der Waals surface area contributed by atoms with Crippen LogP contribution in [0.2, 0.25) is 0 Å². The second-order valence-corrected chi connectivity index (χ2v) is 5.82. The smallest absolute Gasteiger partial charge is 0.222 e. The molecule has 1 amide bonds. The van der Waals surface area contributed by atoms with Crippen LogP contribution in [0.25, 0.3) is 0 Å². The van der Waals surface area contributed by atoms with Gasteiger partial charge in [0.25, 0.3) is 0 Å². The number of hydrogen-bond donors (Lipinski definition) is 1. The fraction of sp³-hybridized carbons (Fsp3) is 0.938. The van der Waals surface area contributed by atoms with E-state index >= 15 is 0 Å². The summed E-state index contributed by atoms with van der Waals surface area (Å²) >= 11 is 0. The highest BCUT2D eigenvalue weighted by molar-refractivity contribution is 5.75. The Balaban J connectivity index is 2.06. The summed E-state index contributed by atoms with van der Waals surface area (Å²) < 4.78 is 0. The fourth-order valence-corrected chi connectivity index (χ4v) is 3.18. The lowest BCUT2D eigenvalue weighted by molar-refractivity contribution is -0.130. The van der Waals surface area contributed by atoms with E-state index in [0.717, 1.165) is 37.9 Å². The van der Waals surface area contributed by atoms with Crippen molar-refractivity contribution in [3.05, 3.63) is 0 Å². The van der Waals surface area contributed by atoms with Gasteiger partial charge in [-0.05, 0) is 58.9 Å². The van der Waals surface area contributed by atoms with Crippen LogP contribution in [0.15, 0.2) is 0 Å². The monoisotopic (exact) mass is 268 g/mol. The molecule has 0 aromatic rings. The number of unbranched alkanes of at least 4 members (excludes halogenated alkanes) is 1. The maximum absolute atomic E-state index is 11.9. The molecule has 0 atom stereocenters. The van der Waals surface area contributed by atoms with Gasteiger partial charge < -0.3 is 10.2 Å². The summed E-state index contributed by atoms with van der Waals surface area (Å²) in [5.41, 5.74) is 0. The van der Waals surface area contributed by atoms with Crippen LogP contribution in [0, 0.1) is 5.92 Å². The topological polar surface area (TPSA) is 32.3 Å². The van der Waals surface area contributed by atoms with Crippen molar-refractivity contribution in [2.45, 2.75) is 71.3 Å². The summed E-state index contributed by atoms with van der Waals surface area (Å²) in [6.07, 6.45) is 9.77. The van der Waals surface area contributed by atoms with Gasteiger partial charge in [-0.25, -0.2) is 0 Å². The Bertz CT molecular complexity index is 243. The third-order valence-corrected chi connectivity index (χ3v) is 4.62.